The van der Waals surface area contributed by atoms with Crippen LogP contribution in [-0.4, -0.2) is 93.5 Å². The van der Waals surface area contributed by atoms with E-state index in [1.807, 2.05) is 66.6 Å². The standard InChI is InChI=1S/C43H50N8O3S2/c1-26(2)34(48-43(53)54-5)23-50-19-9-13-35(50)40-45-22-33(47-40)31-25-56-38-30(24-55-39(31)38)27-15-17-28(18-16-27)32-21-44-41(46-32)36-14-10-20-51(36)42(52)37(49(3)4)29-11-7-6-8-12-29/h6-8,11-12,15-18,21-22,24-26,34-37H,9-10,13-14,19-20,23H2,1-5H3,(H,44,46)(H,45,47)(H,48,53). The van der Waals surface area contributed by atoms with Gasteiger partial charge in [-0.25, -0.2) is 14.8 Å². The van der Waals surface area contributed by atoms with Crippen LogP contribution < -0.4 is 5.32 Å². The smallest absolute Gasteiger partial charge is 0.407 e. The van der Waals surface area contributed by atoms with E-state index in [1.54, 1.807) is 22.7 Å². The summed E-state index contributed by atoms with van der Waals surface area (Å²) >= 11 is 3.54. The molecule has 292 valence electrons. The molecule has 0 aliphatic carbocycles. The molecular weight excluding hydrogens is 741 g/mol. The maximum Gasteiger partial charge on any atom is 0.407 e. The summed E-state index contributed by atoms with van der Waals surface area (Å²) in [4.78, 5) is 49.3. The van der Waals surface area contributed by atoms with Crippen LogP contribution in [0.5, 0.6) is 0 Å². The van der Waals surface area contributed by atoms with Crippen molar-refractivity contribution >= 4 is 44.1 Å². The van der Waals surface area contributed by atoms with Crippen LogP contribution in [0.15, 0.2) is 77.8 Å². The van der Waals surface area contributed by atoms with Gasteiger partial charge >= 0.3 is 6.09 Å². The fraction of sp³-hybridized carbons (Fsp3) is 0.395. The monoisotopic (exact) mass is 790 g/mol. The zero-order valence-electron chi connectivity index (χ0n) is 32.6. The number of imidazole rings is 2. The fourth-order valence-corrected chi connectivity index (χ4v) is 10.8. The number of aromatic nitrogens is 4. The molecule has 4 aromatic heterocycles. The van der Waals surface area contributed by atoms with Gasteiger partial charge in [-0.15, -0.1) is 22.7 Å². The van der Waals surface area contributed by atoms with Crippen molar-refractivity contribution in [1.82, 2.24) is 40.0 Å². The summed E-state index contributed by atoms with van der Waals surface area (Å²) in [5.74, 6) is 2.20. The Balaban J connectivity index is 0.960. The largest absolute Gasteiger partial charge is 0.453 e. The summed E-state index contributed by atoms with van der Waals surface area (Å²) in [7, 11) is 5.34. The molecule has 0 saturated carbocycles. The molecule has 4 unspecified atom stereocenters. The second-order valence-electron chi connectivity index (χ2n) is 15.5. The molecule has 2 saturated heterocycles. The van der Waals surface area contributed by atoms with E-state index in [1.165, 1.54) is 33.2 Å². The van der Waals surface area contributed by atoms with Crippen molar-refractivity contribution in [2.45, 2.75) is 63.7 Å². The zero-order valence-corrected chi connectivity index (χ0v) is 34.3. The quantitative estimate of drug-likeness (QED) is 0.113. The minimum atomic E-state index is -0.390. The first-order valence-corrected chi connectivity index (χ1v) is 21.3. The number of H-pyrrole nitrogens is 2. The molecule has 2 aromatic carbocycles. The highest BCUT2D eigenvalue weighted by Crippen LogP contribution is 2.44. The third-order valence-corrected chi connectivity index (χ3v) is 13.5. The lowest BCUT2D eigenvalue weighted by molar-refractivity contribution is -0.137. The number of carbonyl (C=O) groups is 2. The third kappa shape index (κ3) is 7.52. The first kappa shape index (κ1) is 38.1. The Labute approximate surface area is 336 Å². The first-order valence-electron chi connectivity index (χ1n) is 19.5. The van der Waals surface area contributed by atoms with Crippen molar-refractivity contribution in [2.75, 3.05) is 40.8 Å². The van der Waals surface area contributed by atoms with E-state index in [-0.39, 0.29) is 36.0 Å². The minimum Gasteiger partial charge on any atom is -0.453 e. The number of likely N-dealkylation sites (N-methyl/N-ethyl adjacent to an activating group) is 1. The van der Waals surface area contributed by atoms with Gasteiger partial charge in [0.2, 0.25) is 5.91 Å². The molecule has 4 atom stereocenters. The number of thiophene rings is 2. The number of carbonyl (C=O) groups excluding carboxylic acids is 2. The SMILES string of the molecule is COC(=O)NC(CN1CCCC1c1ncc(-c2csc3c(-c4ccc(-c5cnc(C6CCCN6C(=O)C(c6ccccc6)N(C)C)[nH]5)cc4)csc23)[nH]1)C(C)C. The second kappa shape index (κ2) is 16.3. The van der Waals surface area contributed by atoms with Gasteiger partial charge in [-0.3, -0.25) is 14.6 Å². The molecule has 0 spiro atoms. The molecule has 0 bridgehead atoms. The van der Waals surface area contributed by atoms with Crippen LogP contribution in [0, 0.1) is 5.92 Å². The normalized spacial score (nSPS) is 18.7. The number of likely N-dealkylation sites (tertiary alicyclic amines) is 2. The highest BCUT2D eigenvalue weighted by molar-refractivity contribution is 7.27. The number of hydrogen-bond donors (Lipinski definition) is 3. The van der Waals surface area contributed by atoms with Crippen LogP contribution in [0.25, 0.3) is 43.0 Å². The van der Waals surface area contributed by atoms with Crippen molar-refractivity contribution in [3.63, 3.8) is 0 Å². The van der Waals surface area contributed by atoms with Crippen molar-refractivity contribution < 1.29 is 14.3 Å². The van der Waals surface area contributed by atoms with Crippen molar-refractivity contribution in [3.05, 3.63) is 95.0 Å². The Morgan fingerprint density at radius 1 is 0.857 bits per heavy atom. The Hall–Kier alpha value is -4.82. The fourth-order valence-electron chi connectivity index (χ4n) is 8.34. The number of aromatic amines is 2. The minimum absolute atomic E-state index is 0.00811. The maximum atomic E-state index is 13.9. The van der Waals surface area contributed by atoms with E-state index < -0.39 is 6.09 Å². The molecule has 11 nitrogen and oxygen atoms in total. The lowest BCUT2D eigenvalue weighted by Crippen LogP contribution is -2.46. The summed E-state index contributed by atoms with van der Waals surface area (Å²) in [6.07, 6.45) is 7.43. The van der Waals surface area contributed by atoms with Crippen LogP contribution in [-0.2, 0) is 9.53 Å². The molecular formula is C43H50N8O3S2. The third-order valence-electron chi connectivity index (χ3n) is 11.4. The van der Waals surface area contributed by atoms with E-state index >= 15 is 0 Å². The number of nitrogens with zero attached hydrogens (tertiary/aromatic N) is 5. The molecule has 6 aromatic rings. The second-order valence-corrected chi connectivity index (χ2v) is 17.3. The molecule has 2 amide bonds. The molecule has 13 heteroatoms. The maximum absolute atomic E-state index is 13.9. The summed E-state index contributed by atoms with van der Waals surface area (Å²) in [6.45, 7) is 6.69. The molecule has 2 aliphatic heterocycles. The van der Waals surface area contributed by atoms with E-state index in [0.29, 0.717) is 0 Å². The van der Waals surface area contributed by atoms with Gasteiger partial charge in [-0.1, -0.05) is 68.4 Å². The van der Waals surface area contributed by atoms with Gasteiger partial charge in [0.05, 0.1) is 52.4 Å². The van der Waals surface area contributed by atoms with Gasteiger partial charge in [0.1, 0.15) is 17.7 Å². The van der Waals surface area contributed by atoms with Gasteiger partial charge in [0, 0.05) is 41.0 Å². The van der Waals surface area contributed by atoms with Gasteiger partial charge in [-0.05, 0) is 68.9 Å². The molecule has 8 rings (SSSR count). The van der Waals surface area contributed by atoms with Crippen LogP contribution in [0.1, 0.15) is 74.9 Å². The first-order chi connectivity index (χ1) is 27.2. The molecule has 56 heavy (non-hydrogen) atoms. The van der Waals surface area contributed by atoms with Crippen LogP contribution in [0.3, 0.4) is 0 Å². The zero-order chi connectivity index (χ0) is 38.9. The topological polar surface area (TPSA) is 122 Å². The molecule has 3 N–H and O–H groups in total. The number of nitrogens with one attached hydrogen (secondary N) is 3. The van der Waals surface area contributed by atoms with Gasteiger partial charge in [0.15, 0.2) is 0 Å². The molecule has 0 radical (unpaired) electrons. The average Bonchev–Trinajstić information content (AvgIpc) is 4.04. The van der Waals surface area contributed by atoms with Crippen molar-refractivity contribution in [2.24, 2.45) is 5.92 Å². The van der Waals surface area contributed by atoms with Crippen molar-refractivity contribution in [3.8, 4) is 33.6 Å². The van der Waals surface area contributed by atoms with E-state index in [4.69, 9.17) is 14.7 Å². The Morgan fingerprint density at radius 3 is 2.20 bits per heavy atom. The number of alkyl carbamates (subject to hydrolysis) is 1. The highest BCUT2D eigenvalue weighted by atomic mass is 32.1. The highest BCUT2D eigenvalue weighted by Gasteiger charge is 2.37. The molecule has 2 aliphatic rings. The van der Waals surface area contributed by atoms with Gasteiger partial charge in [0.25, 0.3) is 0 Å². The predicted molar refractivity (Wildman–Crippen MR) is 225 cm³/mol. The summed E-state index contributed by atoms with van der Waals surface area (Å²) < 4.78 is 7.41. The lowest BCUT2D eigenvalue weighted by atomic mass is 10.0. The summed E-state index contributed by atoms with van der Waals surface area (Å²) in [5, 5.41) is 7.51. The summed E-state index contributed by atoms with van der Waals surface area (Å²) in [5.41, 5.74) is 7.62. The van der Waals surface area contributed by atoms with Gasteiger partial charge in [-0.2, -0.15) is 0 Å². The van der Waals surface area contributed by atoms with Crippen molar-refractivity contribution in [1.29, 1.82) is 0 Å². The van der Waals surface area contributed by atoms with E-state index in [2.05, 4.69) is 69.1 Å². The average molecular weight is 791 g/mol. The number of benzene rings is 2. The number of methoxy groups -OCH3 is 1. The van der Waals surface area contributed by atoms with Gasteiger partial charge < -0.3 is 24.9 Å². The van der Waals surface area contributed by atoms with Crippen LogP contribution in [0.4, 0.5) is 4.79 Å². The number of ether oxygens (including phenoxy) is 1. The number of rotatable bonds is 12. The lowest BCUT2D eigenvalue weighted by Gasteiger charge is -2.31. The number of fused-ring (bicyclic) bond motifs is 1. The van der Waals surface area contributed by atoms with Crippen LogP contribution >= 0.6 is 22.7 Å². The summed E-state index contributed by atoms with van der Waals surface area (Å²) in [6, 6.07) is 18.4. The predicted octanol–water partition coefficient (Wildman–Crippen LogP) is 8.89. The number of hydrogen-bond acceptors (Lipinski definition) is 9. The Kier molecular flexibility index (Phi) is 11.1. The molecule has 6 heterocycles. The number of amides is 2. The Bertz CT molecular complexity index is 2270. The molecule has 2 fully saturated rings. The Morgan fingerprint density at radius 2 is 1.48 bits per heavy atom. The van der Waals surface area contributed by atoms with E-state index in [0.717, 1.165) is 79.5 Å². The van der Waals surface area contributed by atoms with E-state index in [9.17, 15) is 9.59 Å². The van der Waals surface area contributed by atoms with Crippen LogP contribution in [0.2, 0.25) is 0 Å².